The zero-order chi connectivity index (χ0) is 16.8. The van der Waals surface area contributed by atoms with Crippen LogP contribution in [0.2, 0.25) is 0 Å². The van der Waals surface area contributed by atoms with Crippen LogP contribution in [-0.4, -0.2) is 16.9 Å². The Labute approximate surface area is 143 Å². The quantitative estimate of drug-likeness (QED) is 0.796. The molecule has 3 rings (SSSR count). The minimum absolute atomic E-state index is 0.179. The number of carbonyl (C=O) groups excluding carboxylic acids is 1. The van der Waals surface area contributed by atoms with Gasteiger partial charge in [-0.05, 0) is 49.6 Å². The molecule has 1 fully saturated rings. The second-order valence-electron chi connectivity index (χ2n) is 6.59. The molecule has 0 radical (unpaired) electrons. The van der Waals surface area contributed by atoms with Crippen molar-refractivity contribution in [2.75, 3.05) is 10.6 Å². The van der Waals surface area contributed by atoms with Crippen LogP contribution in [0.5, 0.6) is 0 Å². The zero-order valence-electron chi connectivity index (χ0n) is 14.2. The van der Waals surface area contributed by atoms with Gasteiger partial charge in [0.05, 0.1) is 11.9 Å². The van der Waals surface area contributed by atoms with Crippen LogP contribution in [-0.2, 0) is 0 Å². The van der Waals surface area contributed by atoms with E-state index in [9.17, 15) is 4.79 Å². The van der Waals surface area contributed by atoms with Gasteiger partial charge in [-0.15, -0.1) is 0 Å². The molecule has 1 amide bonds. The number of carbonyl (C=O) groups is 1. The zero-order valence-corrected chi connectivity index (χ0v) is 14.2. The van der Waals surface area contributed by atoms with E-state index in [1.54, 1.807) is 12.3 Å². The smallest absolute Gasteiger partial charge is 0.274 e. The van der Waals surface area contributed by atoms with Crippen molar-refractivity contribution < 1.29 is 4.79 Å². The van der Waals surface area contributed by atoms with Gasteiger partial charge in [-0.1, -0.05) is 37.8 Å². The highest BCUT2D eigenvalue weighted by molar-refractivity contribution is 6.02. The molecule has 2 aromatic rings. The van der Waals surface area contributed by atoms with E-state index in [4.69, 9.17) is 0 Å². The number of rotatable bonds is 4. The number of anilines is 2. The van der Waals surface area contributed by atoms with Crippen molar-refractivity contribution in [2.45, 2.75) is 51.5 Å². The Morgan fingerprint density at radius 3 is 2.50 bits per heavy atom. The van der Waals surface area contributed by atoms with Gasteiger partial charge in [-0.2, -0.15) is 0 Å². The number of aryl methyl sites for hydroxylation is 1. The maximum absolute atomic E-state index is 12.3. The number of nitrogens with zero attached hydrogens (tertiary/aromatic N) is 1. The molecular formula is C20H25N3O. The van der Waals surface area contributed by atoms with Crippen LogP contribution in [0.15, 0.2) is 42.6 Å². The van der Waals surface area contributed by atoms with Gasteiger partial charge in [0.25, 0.3) is 5.91 Å². The highest BCUT2D eigenvalue weighted by Gasteiger charge is 2.13. The molecule has 1 aliphatic rings. The van der Waals surface area contributed by atoms with Gasteiger partial charge in [-0.3, -0.25) is 4.79 Å². The van der Waals surface area contributed by atoms with Gasteiger partial charge in [0.15, 0.2) is 0 Å². The van der Waals surface area contributed by atoms with Gasteiger partial charge < -0.3 is 10.6 Å². The van der Waals surface area contributed by atoms with E-state index < -0.39 is 0 Å². The van der Waals surface area contributed by atoms with Crippen molar-refractivity contribution in [3.63, 3.8) is 0 Å². The Morgan fingerprint density at radius 2 is 1.83 bits per heavy atom. The first-order chi connectivity index (χ1) is 11.7. The molecule has 126 valence electrons. The molecule has 2 N–H and O–H groups in total. The number of benzene rings is 1. The van der Waals surface area contributed by atoms with Crippen LogP contribution >= 0.6 is 0 Å². The summed E-state index contributed by atoms with van der Waals surface area (Å²) in [5, 5.41) is 6.44. The van der Waals surface area contributed by atoms with E-state index >= 15 is 0 Å². The standard InChI is InChI=1S/C20H25N3O/c1-15-7-6-10-17(13-15)23-20(24)19-12-11-18(14-21-19)22-16-8-4-2-3-5-9-16/h6-7,10-14,16,22H,2-5,8-9H2,1H3,(H,23,24). The number of nitrogens with one attached hydrogen (secondary N) is 2. The largest absolute Gasteiger partial charge is 0.381 e. The lowest BCUT2D eigenvalue weighted by Crippen LogP contribution is -2.19. The van der Waals surface area contributed by atoms with Crippen LogP contribution < -0.4 is 10.6 Å². The first-order valence-electron chi connectivity index (χ1n) is 8.81. The average molecular weight is 323 g/mol. The third kappa shape index (κ3) is 4.57. The number of amides is 1. The van der Waals surface area contributed by atoms with Crippen molar-refractivity contribution in [2.24, 2.45) is 0 Å². The van der Waals surface area contributed by atoms with Crippen molar-refractivity contribution >= 4 is 17.3 Å². The summed E-state index contributed by atoms with van der Waals surface area (Å²) in [6.07, 6.45) is 9.47. The predicted molar refractivity (Wildman–Crippen MR) is 98.5 cm³/mol. The number of hydrogen-bond donors (Lipinski definition) is 2. The van der Waals surface area contributed by atoms with Crippen molar-refractivity contribution in [3.8, 4) is 0 Å². The van der Waals surface area contributed by atoms with Gasteiger partial charge >= 0.3 is 0 Å². The Bertz CT molecular complexity index is 674. The van der Waals surface area contributed by atoms with Crippen LogP contribution in [0.4, 0.5) is 11.4 Å². The maximum atomic E-state index is 12.3. The van der Waals surface area contributed by atoms with Gasteiger partial charge in [0, 0.05) is 11.7 Å². The Morgan fingerprint density at radius 1 is 1.04 bits per heavy atom. The van der Waals surface area contributed by atoms with E-state index in [0.717, 1.165) is 16.9 Å². The molecule has 0 aliphatic heterocycles. The normalized spacial score (nSPS) is 15.5. The molecule has 1 aliphatic carbocycles. The molecule has 0 bridgehead atoms. The van der Waals surface area contributed by atoms with Crippen LogP contribution in [0.25, 0.3) is 0 Å². The molecule has 0 spiro atoms. The lowest BCUT2D eigenvalue weighted by atomic mass is 10.1. The second-order valence-corrected chi connectivity index (χ2v) is 6.59. The van der Waals surface area contributed by atoms with E-state index in [2.05, 4.69) is 15.6 Å². The molecule has 1 saturated carbocycles. The fourth-order valence-electron chi connectivity index (χ4n) is 3.19. The molecule has 0 unspecified atom stereocenters. The Hall–Kier alpha value is -2.36. The highest BCUT2D eigenvalue weighted by Crippen LogP contribution is 2.21. The number of pyridine rings is 1. The Kier molecular flexibility index (Phi) is 5.47. The highest BCUT2D eigenvalue weighted by atomic mass is 16.1. The van der Waals surface area contributed by atoms with Crippen LogP contribution in [0.3, 0.4) is 0 Å². The lowest BCUT2D eigenvalue weighted by Gasteiger charge is -2.17. The van der Waals surface area contributed by atoms with Gasteiger partial charge in [0.1, 0.15) is 5.69 Å². The molecule has 0 atom stereocenters. The summed E-state index contributed by atoms with van der Waals surface area (Å²) in [6.45, 7) is 2.00. The molecule has 4 nitrogen and oxygen atoms in total. The van der Waals surface area contributed by atoms with E-state index in [1.807, 2.05) is 37.3 Å². The summed E-state index contributed by atoms with van der Waals surface area (Å²) >= 11 is 0. The summed E-state index contributed by atoms with van der Waals surface area (Å²) in [5.74, 6) is -0.179. The van der Waals surface area contributed by atoms with Crippen LogP contribution in [0, 0.1) is 6.92 Å². The van der Waals surface area contributed by atoms with E-state index in [1.165, 1.54) is 38.5 Å². The van der Waals surface area contributed by atoms with Crippen LogP contribution in [0.1, 0.15) is 54.6 Å². The minimum Gasteiger partial charge on any atom is -0.381 e. The summed E-state index contributed by atoms with van der Waals surface area (Å²) in [7, 11) is 0. The van der Waals surface area contributed by atoms with E-state index in [0.29, 0.717) is 11.7 Å². The predicted octanol–water partition coefficient (Wildman–Crippen LogP) is 4.78. The lowest BCUT2D eigenvalue weighted by molar-refractivity contribution is 0.102. The fourth-order valence-corrected chi connectivity index (χ4v) is 3.19. The first kappa shape index (κ1) is 16.5. The number of hydrogen-bond acceptors (Lipinski definition) is 3. The van der Waals surface area contributed by atoms with Crippen molar-refractivity contribution in [3.05, 3.63) is 53.9 Å². The second kappa shape index (κ2) is 7.95. The topological polar surface area (TPSA) is 54.0 Å². The SMILES string of the molecule is Cc1cccc(NC(=O)c2ccc(NC3CCCCCC3)cn2)c1. The molecule has 1 aromatic carbocycles. The number of aromatic nitrogens is 1. The molecule has 1 aromatic heterocycles. The van der Waals surface area contributed by atoms with E-state index in [-0.39, 0.29) is 5.91 Å². The minimum atomic E-state index is -0.179. The first-order valence-corrected chi connectivity index (χ1v) is 8.81. The summed E-state index contributed by atoms with van der Waals surface area (Å²) in [4.78, 5) is 16.6. The fraction of sp³-hybridized carbons (Fsp3) is 0.400. The third-order valence-electron chi connectivity index (χ3n) is 4.50. The molecule has 0 saturated heterocycles. The summed E-state index contributed by atoms with van der Waals surface area (Å²) in [5.41, 5.74) is 3.34. The average Bonchev–Trinajstić information content (AvgIpc) is 2.84. The van der Waals surface area contributed by atoms with Gasteiger partial charge in [0.2, 0.25) is 0 Å². The molecular weight excluding hydrogens is 298 g/mol. The van der Waals surface area contributed by atoms with Gasteiger partial charge in [-0.25, -0.2) is 4.98 Å². The molecule has 1 heterocycles. The van der Waals surface area contributed by atoms with Crippen molar-refractivity contribution in [1.82, 2.24) is 4.98 Å². The molecule has 24 heavy (non-hydrogen) atoms. The monoisotopic (exact) mass is 323 g/mol. The maximum Gasteiger partial charge on any atom is 0.274 e. The van der Waals surface area contributed by atoms with Crippen molar-refractivity contribution in [1.29, 1.82) is 0 Å². The Balaban J connectivity index is 1.60. The third-order valence-corrected chi connectivity index (χ3v) is 4.50. The molecule has 4 heteroatoms. The summed E-state index contributed by atoms with van der Waals surface area (Å²) < 4.78 is 0. The summed E-state index contributed by atoms with van der Waals surface area (Å²) in [6, 6.07) is 12.0.